The van der Waals surface area contributed by atoms with E-state index >= 15 is 0 Å². The molecule has 0 amide bonds. The lowest BCUT2D eigenvalue weighted by atomic mass is 9.82. The fourth-order valence-electron chi connectivity index (χ4n) is 2.25. The fraction of sp³-hybridized carbons (Fsp3) is 0.733. The summed E-state index contributed by atoms with van der Waals surface area (Å²) in [5.74, 6) is 0.244. The highest BCUT2D eigenvalue weighted by atomic mass is 16.7. The van der Waals surface area contributed by atoms with Crippen molar-refractivity contribution in [1.82, 2.24) is 9.78 Å². The quantitative estimate of drug-likeness (QED) is 0.594. The number of nitrogens with zero attached hydrogens (tertiary/aromatic N) is 2. The Labute approximate surface area is 127 Å². The topological polar surface area (TPSA) is 53.4 Å². The molecule has 1 aliphatic rings. The maximum atomic E-state index is 10.9. The summed E-state index contributed by atoms with van der Waals surface area (Å²) in [5.41, 5.74) is 0.280. The number of ketones is 1. The van der Waals surface area contributed by atoms with Crippen LogP contribution in [0.1, 0.15) is 53.9 Å². The molecule has 1 fully saturated rings. The number of aromatic nitrogens is 2. The van der Waals surface area contributed by atoms with Gasteiger partial charge in [-0.15, -0.1) is 0 Å². The molecule has 0 unspecified atom stereocenters. The van der Waals surface area contributed by atoms with E-state index in [-0.39, 0.29) is 24.1 Å². The normalized spacial score (nSPS) is 20.0. The summed E-state index contributed by atoms with van der Waals surface area (Å²) in [5, 5.41) is 4.34. The molecule has 0 aliphatic carbocycles. The van der Waals surface area contributed by atoms with Crippen molar-refractivity contribution >= 4 is 18.4 Å². The Hall–Kier alpha value is -1.14. The van der Waals surface area contributed by atoms with Crippen LogP contribution in [0, 0.1) is 0 Å². The summed E-state index contributed by atoms with van der Waals surface area (Å²) in [6.07, 6.45) is 6.26. The predicted octanol–water partition coefficient (Wildman–Crippen LogP) is 1.94. The molecule has 1 saturated heterocycles. The zero-order chi connectivity index (χ0) is 15.7. The minimum atomic E-state index is -0.360. The van der Waals surface area contributed by atoms with Crippen molar-refractivity contribution in [2.24, 2.45) is 0 Å². The third-order valence-electron chi connectivity index (χ3n) is 4.34. The molecule has 116 valence electrons. The van der Waals surface area contributed by atoms with Crippen molar-refractivity contribution in [3.05, 3.63) is 12.4 Å². The Kier molecular flexibility index (Phi) is 4.59. The molecular weight excluding hydrogens is 267 g/mol. The van der Waals surface area contributed by atoms with E-state index in [9.17, 15) is 4.79 Å². The minimum Gasteiger partial charge on any atom is -0.399 e. The summed E-state index contributed by atoms with van der Waals surface area (Å²) in [6, 6.07) is 0. The van der Waals surface area contributed by atoms with Gasteiger partial charge >= 0.3 is 7.12 Å². The number of rotatable bonds is 6. The summed E-state index contributed by atoms with van der Waals surface area (Å²) >= 11 is 0. The SMILES string of the molecule is CC(=O)CCCCn1cc(B2OC(C)(C)C(C)(C)O2)cn1. The molecule has 0 N–H and O–H groups in total. The molecule has 1 aromatic heterocycles. The standard InChI is InChI=1S/C15H25BN2O3/c1-12(19)8-6-7-9-18-11-13(10-17-18)16-20-14(2,3)15(4,5)21-16/h10-11H,6-9H2,1-5H3. The van der Waals surface area contributed by atoms with E-state index in [1.807, 2.05) is 38.6 Å². The van der Waals surface area contributed by atoms with Gasteiger partial charge in [-0.3, -0.25) is 4.68 Å². The van der Waals surface area contributed by atoms with Gasteiger partial charge in [0.25, 0.3) is 0 Å². The van der Waals surface area contributed by atoms with Gasteiger partial charge in [-0.05, 0) is 47.5 Å². The van der Waals surface area contributed by atoms with Gasteiger partial charge in [-0.25, -0.2) is 0 Å². The zero-order valence-electron chi connectivity index (χ0n) is 13.7. The number of carbonyl (C=O) groups excluding carboxylic acids is 1. The predicted molar refractivity (Wildman–Crippen MR) is 82.5 cm³/mol. The van der Waals surface area contributed by atoms with Crippen LogP contribution in [0.4, 0.5) is 0 Å². The Balaban J connectivity index is 1.91. The molecule has 0 aromatic carbocycles. The smallest absolute Gasteiger partial charge is 0.399 e. The number of hydrogen-bond donors (Lipinski definition) is 0. The first-order chi connectivity index (χ1) is 9.71. The zero-order valence-corrected chi connectivity index (χ0v) is 13.7. The van der Waals surface area contributed by atoms with Gasteiger partial charge in [-0.1, -0.05) is 0 Å². The Morgan fingerprint density at radius 2 is 1.86 bits per heavy atom. The first-order valence-electron chi connectivity index (χ1n) is 7.59. The molecule has 2 rings (SSSR count). The molecule has 0 bridgehead atoms. The van der Waals surface area contributed by atoms with Crippen LogP contribution in [0.15, 0.2) is 12.4 Å². The lowest BCUT2D eigenvalue weighted by Gasteiger charge is -2.32. The van der Waals surface area contributed by atoms with Crippen LogP contribution in [0.25, 0.3) is 0 Å². The van der Waals surface area contributed by atoms with Crippen molar-refractivity contribution in [1.29, 1.82) is 0 Å². The van der Waals surface area contributed by atoms with Gasteiger partial charge < -0.3 is 14.1 Å². The molecule has 6 heteroatoms. The third kappa shape index (κ3) is 3.74. The second-order valence-corrected chi connectivity index (χ2v) is 6.78. The summed E-state index contributed by atoms with van der Waals surface area (Å²) < 4.78 is 13.9. The highest BCUT2D eigenvalue weighted by Crippen LogP contribution is 2.36. The summed E-state index contributed by atoms with van der Waals surface area (Å²) in [6.45, 7) is 10.6. The number of carbonyl (C=O) groups is 1. The first kappa shape index (κ1) is 16.2. The Bertz CT molecular complexity index is 495. The molecular formula is C15H25BN2O3. The third-order valence-corrected chi connectivity index (χ3v) is 4.34. The van der Waals surface area contributed by atoms with Crippen LogP contribution in [-0.2, 0) is 20.6 Å². The van der Waals surface area contributed by atoms with E-state index in [1.54, 1.807) is 13.1 Å². The van der Waals surface area contributed by atoms with E-state index in [0.29, 0.717) is 6.42 Å². The molecule has 5 nitrogen and oxygen atoms in total. The highest BCUT2D eigenvalue weighted by Gasteiger charge is 2.52. The average Bonchev–Trinajstić information content (AvgIpc) is 2.88. The van der Waals surface area contributed by atoms with Crippen molar-refractivity contribution in [2.45, 2.75) is 71.6 Å². The highest BCUT2D eigenvalue weighted by molar-refractivity contribution is 6.61. The number of unbranched alkanes of at least 4 members (excludes halogenated alkanes) is 1. The summed E-state index contributed by atoms with van der Waals surface area (Å²) in [7, 11) is -0.360. The van der Waals surface area contributed by atoms with Crippen molar-refractivity contribution < 1.29 is 14.1 Å². The monoisotopic (exact) mass is 292 g/mol. The average molecular weight is 292 g/mol. The van der Waals surface area contributed by atoms with E-state index in [1.165, 1.54) is 0 Å². The van der Waals surface area contributed by atoms with Crippen LogP contribution < -0.4 is 5.46 Å². The number of Topliss-reactive ketones (excluding diaryl/α,β-unsaturated/α-hetero) is 1. The van der Waals surface area contributed by atoms with Crippen LogP contribution in [0.5, 0.6) is 0 Å². The van der Waals surface area contributed by atoms with Crippen LogP contribution in [-0.4, -0.2) is 33.9 Å². The number of hydrogen-bond acceptors (Lipinski definition) is 4. The lowest BCUT2D eigenvalue weighted by molar-refractivity contribution is -0.117. The lowest BCUT2D eigenvalue weighted by Crippen LogP contribution is -2.41. The second-order valence-electron chi connectivity index (χ2n) is 6.78. The van der Waals surface area contributed by atoms with Crippen LogP contribution in [0.3, 0.4) is 0 Å². The van der Waals surface area contributed by atoms with Gasteiger partial charge in [0.15, 0.2) is 0 Å². The van der Waals surface area contributed by atoms with Crippen molar-refractivity contribution in [3.8, 4) is 0 Å². The van der Waals surface area contributed by atoms with E-state index in [0.717, 1.165) is 24.8 Å². The second kappa shape index (κ2) is 5.93. The van der Waals surface area contributed by atoms with Gasteiger partial charge in [0.05, 0.1) is 11.2 Å². The Morgan fingerprint density at radius 1 is 1.24 bits per heavy atom. The van der Waals surface area contributed by atoms with Gasteiger partial charge in [0.1, 0.15) is 5.78 Å². The van der Waals surface area contributed by atoms with E-state index < -0.39 is 0 Å². The van der Waals surface area contributed by atoms with E-state index in [2.05, 4.69) is 5.10 Å². The fourth-order valence-corrected chi connectivity index (χ4v) is 2.25. The van der Waals surface area contributed by atoms with Crippen molar-refractivity contribution in [3.63, 3.8) is 0 Å². The van der Waals surface area contributed by atoms with E-state index in [4.69, 9.17) is 9.31 Å². The molecule has 0 radical (unpaired) electrons. The molecule has 21 heavy (non-hydrogen) atoms. The molecule has 0 atom stereocenters. The van der Waals surface area contributed by atoms with Gasteiger partial charge in [0.2, 0.25) is 0 Å². The van der Waals surface area contributed by atoms with Gasteiger partial charge in [-0.2, -0.15) is 5.10 Å². The molecule has 2 heterocycles. The van der Waals surface area contributed by atoms with Crippen LogP contribution >= 0.6 is 0 Å². The molecule has 1 aromatic rings. The maximum Gasteiger partial charge on any atom is 0.498 e. The van der Waals surface area contributed by atoms with Gasteiger partial charge in [0, 0.05) is 30.8 Å². The minimum absolute atomic E-state index is 0.244. The maximum absolute atomic E-state index is 10.9. The molecule has 0 saturated carbocycles. The molecule has 1 aliphatic heterocycles. The Morgan fingerprint density at radius 3 is 2.43 bits per heavy atom. The van der Waals surface area contributed by atoms with Crippen molar-refractivity contribution in [2.75, 3.05) is 0 Å². The first-order valence-corrected chi connectivity index (χ1v) is 7.59. The largest absolute Gasteiger partial charge is 0.498 e. The molecule has 0 spiro atoms. The van der Waals surface area contributed by atoms with Crippen LogP contribution in [0.2, 0.25) is 0 Å². The number of aryl methyl sites for hydroxylation is 1. The summed E-state index contributed by atoms with van der Waals surface area (Å²) in [4.78, 5) is 10.9.